The number of aliphatic hydroxyl groups excluding tert-OH is 1. The van der Waals surface area contributed by atoms with Crippen LogP contribution in [0.15, 0.2) is 18.2 Å². The number of urea groups is 1. The summed E-state index contributed by atoms with van der Waals surface area (Å²) in [6, 6.07) is 3.60. The Morgan fingerprint density at radius 3 is 2.96 bits per heavy atom. The molecule has 0 unspecified atom stereocenters. The fourth-order valence-corrected chi connectivity index (χ4v) is 3.91. The van der Waals surface area contributed by atoms with Crippen LogP contribution in [-0.4, -0.2) is 22.7 Å². The molecular weight excluding hydrogens is 365 g/mol. The van der Waals surface area contributed by atoms with E-state index in [1.807, 2.05) is 0 Å². The Hall–Kier alpha value is -1.70. The van der Waals surface area contributed by atoms with E-state index in [1.165, 1.54) is 34.8 Å². The third kappa shape index (κ3) is 4.68. The second-order valence-corrected chi connectivity index (χ2v) is 7.46. The lowest BCUT2D eigenvalue weighted by Gasteiger charge is -2.12. The molecule has 1 atom stereocenters. The molecule has 3 rings (SSSR count). The van der Waals surface area contributed by atoms with Crippen LogP contribution in [0.4, 0.5) is 14.3 Å². The third-order valence-corrected chi connectivity index (χ3v) is 5.48. The van der Waals surface area contributed by atoms with E-state index in [9.17, 15) is 14.3 Å². The summed E-state index contributed by atoms with van der Waals surface area (Å²) >= 11 is 7.12. The molecule has 0 saturated carbocycles. The van der Waals surface area contributed by atoms with E-state index in [4.69, 9.17) is 11.6 Å². The maximum Gasteiger partial charge on any atom is 0.321 e. The molecule has 3 N–H and O–H groups in total. The first kappa shape index (κ1) is 18.1. The SMILES string of the molecule is O=C(NC[C@H](O)c1ccc(Cl)c(F)c1)Nc1nc2c(s1)CCCCC2. The van der Waals surface area contributed by atoms with Gasteiger partial charge in [0.2, 0.25) is 0 Å². The number of aliphatic hydroxyl groups is 1. The Morgan fingerprint density at radius 2 is 2.16 bits per heavy atom. The molecule has 8 heteroatoms. The molecule has 25 heavy (non-hydrogen) atoms. The molecule has 1 aromatic heterocycles. The highest BCUT2D eigenvalue weighted by molar-refractivity contribution is 7.15. The number of amides is 2. The molecule has 134 valence electrons. The van der Waals surface area contributed by atoms with Crippen LogP contribution in [0.1, 0.15) is 41.5 Å². The number of hydrogen-bond donors (Lipinski definition) is 3. The van der Waals surface area contributed by atoms with E-state index in [0.717, 1.165) is 37.4 Å². The molecule has 5 nitrogen and oxygen atoms in total. The summed E-state index contributed by atoms with van der Waals surface area (Å²) in [7, 11) is 0. The molecule has 0 saturated heterocycles. The summed E-state index contributed by atoms with van der Waals surface area (Å²) in [5.41, 5.74) is 1.43. The lowest BCUT2D eigenvalue weighted by atomic mass is 10.1. The molecule has 0 radical (unpaired) electrons. The fraction of sp³-hybridized carbons (Fsp3) is 0.412. The maximum atomic E-state index is 13.4. The number of benzene rings is 1. The van der Waals surface area contributed by atoms with Gasteiger partial charge in [-0.3, -0.25) is 5.32 Å². The summed E-state index contributed by atoms with van der Waals surface area (Å²) < 4.78 is 13.4. The van der Waals surface area contributed by atoms with Crippen molar-refractivity contribution in [2.45, 2.75) is 38.2 Å². The number of aryl methyl sites for hydroxylation is 2. The van der Waals surface area contributed by atoms with Crippen molar-refractivity contribution in [1.29, 1.82) is 0 Å². The van der Waals surface area contributed by atoms with E-state index in [1.54, 1.807) is 0 Å². The first-order valence-corrected chi connectivity index (χ1v) is 9.39. The topological polar surface area (TPSA) is 74.2 Å². The highest BCUT2D eigenvalue weighted by Gasteiger charge is 2.16. The number of halogens is 2. The summed E-state index contributed by atoms with van der Waals surface area (Å²) in [4.78, 5) is 17.7. The largest absolute Gasteiger partial charge is 0.387 e. The fourth-order valence-electron chi connectivity index (χ4n) is 2.75. The highest BCUT2D eigenvalue weighted by Crippen LogP contribution is 2.28. The quantitative estimate of drug-likeness (QED) is 0.697. The van der Waals surface area contributed by atoms with Crippen molar-refractivity contribution in [3.05, 3.63) is 45.2 Å². The Balaban J connectivity index is 1.53. The Labute approximate surface area is 154 Å². The predicted octanol–water partition coefficient (Wildman–Crippen LogP) is 4.06. The van der Waals surface area contributed by atoms with Crippen LogP contribution < -0.4 is 10.6 Å². The Bertz CT molecular complexity index is 745. The second-order valence-electron chi connectivity index (χ2n) is 5.97. The van der Waals surface area contributed by atoms with Crippen LogP contribution in [0, 0.1) is 5.82 Å². The van der Waals surface area contributed by atoms with Crippen LogP contribution in [0.5, 0.6) is 0 Å². The van der Waals surface area contributed by atoms with E-state index >= 15 is 0 Å². The van der Waals surface area contributed by atoms with Crippen molar-refractivity contribution < 1.29 is 14.3 Å². The number of carbonyl (C=O) groups is 1. The lowest BCUT2D eigenvalue weighted by Crippen LogP contribution is -2.32. The van der Waals surface area contributed by atoms with Gasteiger partial charge in [0.25, 0.3) is 0 Å². The minimum Gasteiger partial charge on any atom is -0.387 e. The number of anilines is 1. The van der Waals surface area contributed by atoms with Gasteiger partial charge < -0.3 is 10.4 Å². The van der Waals surface area contributed by atoms with Crippen molar-refractivity contribution in [3.63, 3.8) is 0 Å². The molecule has 0 fully saturated rings. The smallest absolute Gasteiger partial charge is 0.321 e. The molecule has 1 aliphatic carbocycles. The van der Waals surface area contributed by atoms with Crippen LogP contribution in [-0.2, 0) is 12.8 Å². The molecule has 1 aromatic carbocycles. The number of nitrogens with one attached hydrogen (secondary N) is 2. The van der Waals surface area contributed by atoms with E-state index in [0.29, 0.717) is 10.7 Å². The normalized spacial score (nSPS) is 15.2. The molecule has 0 bridgehead atoms. The number of thiazole rings is 1. The van der Waals surface area contributed by atoms with Gasteiger partial charge in [-0.25, -0.2) is 14.2 Å². The number of carbonyl (C=O) groups excluding carboxylic acids is 1. The minimum absolute atomic E-state index is 0.00908. The molecule has 1 aliphatic rings. The van der Waals surface area contributed by atoms with E-state index in [-0.39, 0.29) is 11.6 Å². The summed E-state index contributed by atoms with van der Waals surface area (Å²) in [5, 5.41) is 15.9. The molecule has 0 spiro atoms. The third-order valence-electron chi connectivity index (χ3n) is 4.10. The molecule has 2 amide bonds. The Morgan fingerprint density at radius 1 is 1.36 bits per heavy atom. The van der Waals surface area contributed by atoms with Gasteiger partial charge in [0.05, 0.1) is 16.8 Å². The first-order valence-electron chi connectivity index (χ1n) is 8.19. The van der Waals surface area contributed by atoms with Crippen LogP contribution in [0.2, 0.25) is 5.02 Å². The van der Waals surface area contributed by atoms with Gasteiger partial charge >= 0.3 is 6.03 Å². The number of hydrogen-bond acceptors (Lipinski definition) is 4. The maximum absolute atomic E-state index is 13.4. The standard InChI is InChI=1S/C17H19ClFN3O2S/c18-11-7-6-10(8-12(11)19)14(23)9-20-16(24)22-17-21-13-4-2-1-3-5-15(13)25-17/h6-8,14,23H,1-5,9H2,(H2,20,21,22,24)/t14-/m0/s1. The summed E-state index contributed by atoms with van der Waals surface area (Å²) in [6.07, 6.45) is 4.45. The highest BCUT2D eigenvalue weighted by atomic mass is 35.5. The van der Waals surface area contributed by atoms with Gasteiger partial charge in [-0.15, -0.1) is 11.3 Å². The zero-order valence-electron chi connectivity index (χ0n) is 13.5. The number of rotatable bonds is 4. The lowest BCUT2D eigenvalue weighted by molar-refractivity contribution is 0.174. The predicted molar refractivity (Wildman–Crippen MR) is 96.8 cm³/mol. The van der Waals surface area contributed by atoms with Gasteiger partial charge in [-0.05, 0) is 43.4 Å². The monoisotopic (exact) mass is 383 g/mol. The van der Waals surface area contributed by atoms with E-state index < -0.39 is 18.0 Å². The zero-order valence-corrected chi connectivity index (χ0v) is 15.1. The van der Waals surface area contributed by atoms with E-state index in [2.05, 4.69) is 15.6 Å². The zero-order chi connectivity index (χ0) is 17.8. The minimum atomic E-state index is -1.02. The molecule has 1 heterocycles. The van der Waals surface area contributed by atoms with Crippen LogP contribution in [0.25, 0.3) is 0 Å². The number of fused-ring (bicyclic) bond motifs is 1. The number of aromatic nitrogens is 1. The van der Waals surface area contributed by atoms with Gasteiger partial charge in [0.1, 0.15) is 5.82 Å². The van der Waals surface area contributed by atoms with Crippen molar-refractivity contribution >= 4 is 34.1 Å². The van der Waals surface area contributed by atoms with Gasteiger partial charge in [-0.2, -0.15) is 0 Å². The molecular formula is C17H19ClFN3O2S. The summed E-state index contributed by atoms with van der Waals surface area (Å²) in [6.45, 7) is -0.0437. The summed E-state index contributed by atoms with van der Waals surface area (Å²) in [5.74, 6) is -0.605. The van der Waals surface area contributed by atoms with Gasteiger partial charge in [-0.1, -0.05) is 24.1 Å². The van der Waals surface area contributed by atoms with Gasteiger partial charge in [0.15, 0.2) is 5.13 Å². The average Bonchev–Trinajstić information content (AvgIpc) is 2.83. The van der Waals surface area contributed by atoms with Crippen LogP contribution in [0.3, 0.4) is 0 Å². The van der Waals surface area contributed by atoms with Crippen molar-refractivity contribution in [3.8, 4) is 0 Å². The van der Waals surface area contributed by atoms with Gasteiger partial charge in [0, 0.05) is 11.4 Å². The molecule has 0 aliphatic heterocycles. The van der Waals surface area contributed by atoms with Crippen molar-refractivity contribution in [1.82, 2.24) is 10.3 Å². The van der Waals surface area contributed by atoms with Crippen LogP contribution >= 0.6 is 22.9 Å². The molecule has 2 aromatic rings. The van der Waals surface area contributed by atoms with Crippen molar-refractivity contribution in [2.75, 3.05) is 11.9 Å². The first-order chi connectivity index (χ1) is 12.0. The second kappa shape index (κ2) is 8.12. The van der Waals surface area contributed by atoms with Crippen molar-refractivity contribution in [2.24, 2.45) is 0 Å². The Kier molecular flexibility index (Phi) is 5.88. The average molecular weight is 384 g/mol. The number of nitrogens with zero attached hydrogens (tertiary/aromatic N) is 1.